The fraction of sp³-hybridized carbons (Fsp3) is 0.167. The van der Waals surface area contributed by atoms with Crippen LogP contribution in [0.2, 0.25) is 0 Å². The summed E-state index contributed by atoms with van der Waals surface area (Å²) < 4.78 is 0. The van der Waals surface area contributed by atoms with Gasteiger partial charge >= 0.3 is 0 Å². The molecule has 0 atom stereocenters. The zero-order chi connectivity index (χ0) is 15.5. The second-order valence-corrected chi connectivity index (χ2v) is 5.27. The monoisotopic (exact) mass is 374 g/mol. The van der Waals surface area contributed by atoms with Crippen molar-refractivity contribution in [3.05, 3.63) is 70.0 Å². The van der Waals surface area contributed by atoms with Crippen molar-refractivity contribution >= 4 is 33.6 Å². The Kier molecular flexibility index (Phi) is 5.45. The van der Waals surface area contributed by atoms with E-state index < -0.39 is 0 Å². The molecule has 0 aliphatic rings. The fourth-order valence-corrected chi connectivity index (χ4v) is 2.47. The van der Waals surface area contributed by atoms with Crippen molar-refractivity contribution in [2.24, 2.45) is 0 Å². The number of aromatic hydroxyl groups is 1. The van der Waals surface area contributed by atoms with E-state index in [4.69, 9.17) is 0 Å². The van der Waals surface area contributed by atoms with Gasteiger partial charge in [0.05, 0.1) is 5.69 Å². The van der Waals surface area contributed by atoms with Crippen LogP contribution in [0.3, 0.4) is 0 Å². The summed E-state index contributed by atoms with van der Waals surface area (Å²) in [7, 11) is 0. The molecule has 0 saturated heterocycles. The van der Waals surface area contributed by atoms with E-state index in [1.54, 1.807) is 18.2 Å². The average molecular weight is 375 g/mol. The van der Waals surface area contributed by atoms with Gasteiger partial charge in [0.2, 0.25) is 0 Å². The first-order valence-corrected chi connectivity index (χ1v) is 7.34. The molecular weight excluding hydrogens is 356 g/mol. The summed E-state index contributed by atoms with van der Waals surface area (Å²) in [6.07, 6.45) is 0.959. The number of H-pyrrole nitrogens is 1. The quantitative estimate of drug-likeness (QED) is 0.605. The van der Waals surface area contributed by atoms with E-state index in [0.29, 0.717) is 17.8 Å². The molecule has 0 radical (unpaired) electrons. The zero-order valence-corrected chi connectivity index (χ0v) is 14.5. The van der Waals surface area contributed by atoms with E-state index in [1.165, 1.54) is 5.56 Å². The lowest BCUT2D eigenvalue weighted by atomic mass is 10.1. The number of rotatable bonds is 4. The molecule has 0 spiro atoms. The predicted octanol–water partition coefficient (Wildman–Crippen LogP) is 3.99. The standard InChI is InChI=1S/C18H18N2O2.BrH/c1-2-12-7-8-15-13(9-12)10-14(18(22)20-15)11-19-16-5-3-4-6-17(16)21;/h3-10,19,21H,2,11H2,1H3,(H,20,22);1H. The van der Waals surface area contributed by atoms with E-state index in [1.807, 2.05) is 24.3 Å². The van der Waals surface area contributed by atoms with Gasteiger partial charge in [0, 0.05) is 17.6 Å². The first kappa shape index (κ1) is 17.1. The molecule has 3 aromatic rings. The van der Waals surface area contributed by atoms with Crippen LogP contribution in [0.25, 0.3) is 10.9 Å². The summed E-state index contributed by atoms with van der Waals surface area (Å²) in [5, 5.41) is 13.9. The molecule has 0 bridgehead atoms. The lowest BCUT2D eigenvalue weighted by molar-refractivity contribution is 0.477. The summed E-state index contributed by atoms with van der Waals surface area (Å²) in [6.45, 7) is 2.46. The molecule has 23 heavy (non-hydrogen) atoms. The Morgan fingerprint density at radius 2 is 1.91 bits per heavy atom. The summed E-state index contributed by atoms with van der Waals surface area (Å²) >= 11 is 0. The number of aromatic nitrogens is 1. The molecule has 0 fully saturated rings. The van der Waals surface area contributed by atoms with Gasteiger partial charge in [-0.1, -0.05) is 25.1 Å². The van der Waals surface area contributed by atoms with Crippen molar-refractivity contribution in [1.29, 1.82) is 0 Å². The lowest BCUT2D eigenvalue weighted by Gasteiger charge is -2.09. The Balaban J connectivity index is 0.00000192. The van der Waals surface area contributed by atoms with E-state index in [9.17, 15) is 9.90 Å². The minimum Gasteiger partial charge on any atom is -0.506 e. The number of hydrogen-bond donors (Lipinski definition) is 3. The van der Waals surface area contributed by atoms with Gasteiger partial charge in [-0.15, -0.1) is 17.0 Å². The Morgan fingerprint density at radius 3 is 2.65 bits per heavy atom. The topological polar surface area (TPSA) is 65.1 Å². The number of fused-ring (bicyclic) bond motifs is 1. The van der Waals surface area contributed by atoms with Gasteiger partial charge in [-0.2, -0.15) is 0 Å². The highest BCUT2D eigenvalue weighted by Gasteiger charge is 2.05. The minimum atomic E-state index is -0.111. The molecule has 120 valence electrons. The number of aromatic amines is 1. The van der Waals surface area contributed by atoms with Gasteiger partial charge in [0.25, 0.3) is 5.56 Å². The Morgan fingerprint density at radius 1 is 1.13 bits per heavy atom. The smallest absolute Gasteiger partial charge is 0.253 e. The second kappa shape index (κ2) is 7.33. The molecule has 0 amide bonds. The number of hydrogen-bond acceptors (Lipinski definition) is 3. The summed E-state index contributed by atoms with van der Waals surface area (Å²) in [4.78, 5) is 15.0. The molecule has 1 aromatic heterocycles. The fourth-order valence-electron chi connectivity index (χ4n) is 2.47. The number of phenolic OH excluding ortho intramolecular Hbond substituents is 1. The van der Waals surface area contributed by atoms with Crippen LogP contribution in [-0.4, -0.2) is 10.1 Å². The molecular formula is C18H19BrN2O2. The number of anilines is 1. The predicted molar refractivity (Wildman–Crippen MR) is 99.7 cm³/mol. The van der Waals surface area contributed by atoms with Crippen LogP contribution < -0.4 is 10.9 Å². The Labute approximate surface area is 145 Å². The maximum absolute atomic E-state index is 12.1. The minimum absolute atomic E-state index is 0. The SMILES string of the molecule is Br.CCc1ccc2[nH]c(=O)c(CNc3ccccc3O)cc2c1. The third-order valence-corrected chi connectivity index (χ3v) is 3.77. The van der Waals surface area contributed by atoms with Gasteiger partial charge in [-0.05, 0) is 47.7 Å². The van der Waals surface area contributed by atoms with E-state index in [2.05, 4.69) is 23.3 Å². The number of para-hydroxylation sites is 2. The third-order valence-electron chi connectivity index (χ3n) is 3.77. The Bertz CT molecular complexity index is 874. The number of aryl methyl sites for hydroxylation is 1. The molecule has 3 rings (SSSR count). The summed E-state index contributed by atoms with van der Waals surface area (Å²) in [5.74, 6) is 0.174. The first-order valence-electron chi connectivity index (χ1n) is 7.34. The van der Waals surface area contributed by atoms with Crippen molar-refractivity contribution in [3.63, 3.8) is 0 Å². The summed E-state index contributed by atoms with van der Waals surface area (Å²) in [5.41, 5.74) is 3.22. The van der Waals surface area contributed by atoms with Crippen LogP contribution >= 0.6 is 17.0 Å². The van der Waals surface area contributed by atoms with Crippen LogP contribution in [-0.2, 0) is 13.0 Å². The van der Waals surface area contributed by atoms with Crippen molar-refractivity contribution in [3.8, 4) is 5.75 Å². The van der Waals surface area contributed by atoms with Gasteiger partial charge in [0.1, 0.15) is 5.75 Å². The number of halogens is 1. The van der Waals surface area contributed by atoms with Crippen LogP contribution in [0.15, 0.2) is 53.3 Å². The third kappa shape index (κ3) is 3.74. The van der Waals surface area contributed by atoms with Crippen LogP contribution in [0, 0.1) is 0 Å². The Hall–Kier alpha value is -2.27. The van der Waals surface area contributed by atoms with Gasteiger partial charge in [0.15, 0.2) is 0 Å². The van der Waals surface area contributed by atoms with E-state index >= 15 is 0 Å². The van der Waals surface area contributed by atoms with Crippen molar-refractivity contribution in [2.75, 3.05) is 5.32 Å². The molecule has 3 N–H and O–H groups in total. The molecule has 0 saturated carbocycles. The molecule has 5 heteroatoms. The molecule has 2 aromatic carbocycles. The number of pyridine rings is 1. The molecule has 0 unspecified atom stereocenters. The highest BCUT2D eigenvalue weighted by Crippen LogP contribution is 2.22. The summed E-state index contributed by atoms with van der Waals surface area (Å²) in [6, 6.07) is 14.9. The first-order chi connectivity index (χ1) is 10.7. The highest BCUT2D eigenvalue weighted by atomic mass is 79.9. The largest absolute Gasteiger partial charge is 0.506 e. The maximum atomic E-state index is 12.1. The van der Waals surface area contributed by atoms with Crippen molar-refractivity contribution < 1.29 is 5.11 Å². The molecule has 0 aliphatic carbocycles. The van der Waals surface area contributed by atoms with Gasteiger partial charge in [-0.25, -0.2) is 0 Å². The van der Waals surface area contributed by atoms with Gasteiger partial charge in [-0.3, -0.25) is 4.79 Å². The van der Waals surface area contributed by atoms with E-state index in [0.717, 1.165) is 17.3 Å². The highest BCUT2D eigenvalue weighted by molar-refractivity contribution is 8.93. The number of nitrogens with one attached hydrogen (secondary N) is 2. The zero-order valence-electron chi connectivity index (χ0n) is 12.8. The van der Waals surface area contributed by atoms with Crippen LogP contribution in [0.1, 0.15) is 18.1 Å². The van der Waals surface area contributed by atoms with Crippen LogP contribution in [0.4, 0.5) is 5.69 Å². The molecule has 1 heterocycles. The van der Waals surface area contributed by atoms with Crippen LogP contribution in [0.5, 0.6) is 5.75 Å². The molecule has 0 aliphatic heterocycles. The second-order valence-electron chi connectivity index (χ2n) is 5.27. The number of phenols is 1. The maximum Gasteiger partial charge on any atom is 0.253 e. The van der Waals surface area contributed by atoms with Gasteiger partial charge < -0.3 is 15.4 Å². The normalized spacial score (nSPS) is 10.3. The molecule has 4 nitrogen and oxygen atoms in total. The van der Waals surface area contributed by atoms with E-state index in [-0.39, 0.29) is 28.3 Å². The van der Waals surface area contributed by atoms with Crippen molar-refractivity contribution in [1.82, 2.24) is 4.98 Å². The average Bonchev–Trinajstić information content (AvgIpc) is 2.54. The number of benzene rings is 2. The van der Waals surface area contributed by atoms with Crippen molar-refractivity contribution in [2.45, 2.75) is 19.9 Å². The lowest BCUT2D eigenvalue weighted by Crippen LogP contribution is -2.15.